The summed E-state index contributed by atoms with van der Waals surface area (Å²) >= 11 is 1.53. The Bertz CT molecular complexity index is 798. The molecule has 3 nitrogen and oxygen atoms in total. The third-order valence-corrected chi connectivity index (χ3v) is 3.82. The third-order valence-electron chi connectivity index (χ3n) is 3.03. The number of thioether (sulfide) groups is 1. The highest BCUT2D eigenvalue weighted by molar-refractivity contribution is 7.98. The van der Waals surface area contributed by atoms with Gasteiger partial charge in [-0.2, -0.15) is 0 Å². The van der Waals surface area contributed by atoms with Gasteiger partial charge in [0.25, 0.3) is 0 Å². The van der Waals surface area contributed by atoms with Crippen molar-refractivity contribution in [3.8, 4) is 5.69 Å². The minimum atomic E-state index is -0.716. The molecule has 0 radical (unpaired) electrons. The van der Waals surface area contributed by atoms with Crippen LogP contribution in [0.4, 0.5) is 14.7 Å². The number of nitrogens with zero attached hydrogens (tertiary/aromatic N) is 2. The first-order valence-corrected chi connectivity index (χ1v) is 7.10. The molecule has 0 saturated heterocycles. The summed E-state index contributed by atoms with van der Waals surface area (Å²) in [6.07, 6.45) is 1.93. The van der Waals surface area contributed by atoms with E-state index >= 15 is 0 Å². The average molecular weight is 291 g/mol. The second-order valence-electron chi connectivity index (χ2n) is 4.23. The summed E-state index contributed by atoms with van der Waals surface area (Å²) in [5, 5.41) is 0. The Hall–Kier alpha value is -2.08. The largest absolute Gasteiger partial charge is 0.369 e. The zero-order valence-electron chi connectivity index (χ0n) is 10.6. The van der Waals surface area contributed by atoms with E-state index in [9.17, 15) is 8.78 Å². The molecule has 0 aliphatic rings. The SMILES string of the molecule is CSc1ccccc1-n1c(N)nc2c(F)cc(F)cc21. The van der Waals surface area contributed by atoms with Gasteiger partial charge in [-0.1, -0.05) is 12.1 Å². The number of anilines is 1. The summed E-state index contributed by atoms with van der Waals surface area (Å²) in [4.78, 5) is 4.94. The van der Waals surface area contributed by atoms with E-state index in [2.05, 4.69) is 4.98 Å². The smallest absolute Gasteiger partial charge is 0.206 e. The lowest BCUT2D eigenvalue weighted by Gasteiger charge is -2.10. The number of para-hydroxylation sites is 1. The van der Waals surface area contributed by atoms with Crippen LogP contribution < -0.4 is 5.73 Å². The van der Waals surface area contributed by atoms with Crippen molar-refractivity contribution in [3.05, 3.63) is 48.0 Å². The number of imidazole rings is 1. The molecule has 2 aromatic carbocycles. The summed E-state index contributed by atoms with van der Waals surface area (Å²) in [7, 11) is 0. The quantitative estimate of drug-likeness (QED) is 0.734. The molecule has 0 amide bonds. The summed E-state index contributed by atoms with van der Waals surface area (Å²) in [5.41, 5.74) is 7.03. The maximum Gasteiger partial charge on any atom is 0.206 e. The van der Waals surface area contributed by atoms with Crippen LogP contribution in [0.5, 0.6) is 0 Å². The first-order valence-electron chi connectivity index (χ1n) is 5.88. The Morgan fingerprint density at radius 1 is 1.20 bits per heavy atom. The Morgan fingerprint density at radius 2 is 1.95 bits per heavy atom. The summed E-state index contributed by atoms with van der Waals surface area (Å²) in [6, 6.07) is 9.54. The van der Waals surface area contributed by atoms with Crippen molar-refractivity contribution < 1.29 is 8.78 Å². The molecule has 0 unspecified atom stereocenters. The van der Waals surface area contributed by atoms with Crippen LogP contribution in [0, 0.1) is 11.6 Å². The van der Waals surface area contributed by atoms with Crippen LogP contribution in [-0.2, 0) is 0 Å². The maximum absolute atomic E-state index is 13.8. The first-order chi connectivity index (χ1) is 9.61. The zero-order valence-corrected chi connectivity index (χ0v) is 11.4. The Kier molecular flexibility index (Phi) is 3.10. The van der Waals surface area contributed by atoms with E-state index in [1.807, 2.05) is 30.5 Å². The monoisotopic (exact) mass is 291 g/mol. The molecule has 20 heavy (non-hydrogen) atoms. The van der Waals surface area contributed by atoms with E-state index in [-0.39, 0.29) is 11.5 Å². The van der Waals surface area contributed by atoms with Crippen LogP contribution in [0.15, 0.2) is 41.3 Å². The fourth-order valence-electron chi connectivity index (χ4n) is 2.19. The minimum absolute atomic E-state index is 0.0693. The maximum atomic E-state index is 13.8. The fraction of sp³-hybridized carbons (Fsp3) is 0.0714. The molecule has 0 spiro atoms. The molecule has 0 bridgehead atoms. The van der Waals surface area contributed by atoms with Crippen molar-refractivity contribution in [2.75, 3.05) is 12.0 Å². The van der Waals surface area contributed by atoms with Crippen molar-refractivity contribution in [1.82, 2.24) is 9.55 Å². The number of benzene rings is 2. The molecule has 102 valence electrons. The molecule has 1 aromatic heterocycles. The van der Waals surface area contributed by atoms with Crippen LogP contribution >= 0.6 is 11.8 Å². The number of rotatable bonds is 2. The lowest BCUT2D eigenvalue weighted by Crippen LogP contribution is -2.02. The van der Waals surface area contributed by atoms with Gasteiger partial charge in [0.05, 0.1) is 11.2 Å². The van der Waals surface area contributed by atoms with Crippen molar-refractivity contribution >= 4 is 28.7 Å². The van der Waals surface area contributed by atoms with Crippen molar-refractivity contribution in [2.45, 2.75) is 4.90 Å². The molecule has 6 heteroatoms. The van der Waals surface area contributed by atoms with Gasteiger partial charge in [-0.15, -0.1) is 11.8 Å². The van der Waals surface area contributed by atoms with Crippen LogP contribution in [0.2, 0.25) is 0 Å². The number of nitrogens with two attached hydrogens (primary N) is 1. The van der Waals surface area contributed by atoms with E-state index in [4.69, 9.17) is 5.73 Å². The standard InChI is InChI=1S/C14H11F2N3S/c1-20-12-5-3-2-4-10(12)19-11-7-8(15)6-9(16)13(11)18-14(19)17/h2-7H,1H3,(H2,17,18). The lowest BCUT2D eigenvalue weighted by atomic mass is 10.2. The number of fused-ring (bicyclic) bond motifs is 1. The molecule has 0 aliphatic heterocycles. The van der Waals surface area contributed by atoms with Crippen LogP contribution in [0.1, 0.15) is 0 Å². The summed E-state index contributed by atoms with van der Waals surface area (Å²) < 4.78 is 28.8. The second kappa shape index (κ2) is 4.79. The molecule has 2 N–H and O–H groups in total. The Labute approximate surface area is 118 Å². The molecule has 0 fully saturated rings. The van der Waals surface area contributed by atoms with Crippen LogP contribution in [0.3, 0.4) is 0 Å². The summed E-state index contributed by atoms with van der Waals surface area (Å²) in [6.45, 7) is 0. The number of aromatic nitrogens is 2. The van der Waals surface area contributed by atoms with Crippen molar-refractivity contribution in [3.63, 3.8) is 0 Å². The molecule has 3 rings (SSSR count). The van der Waals surface area contributed by atoms with E-state index < -0.39 is 11.6 Å². The van der Waals surface area contributed by atoms with E-state index in [0.717, 1.165) is 16.6 Å². The molecule has 1 heterocycles. The predicted octanol–water partition coefficient (Wildman–Crippen LogP) is 3.61. The van der Waals surface area contributed by atoms with Gasteiger partial charge in [0.15, 0.2) is 5.82 Å². The number of hydrogen-bond donors (Lipinski definition) is 1. The first kappa shape index (κ1) is 12.9. The second-order valence-corrected chi connectivity index (χ2v) is 5.08. The van der Waals surface area contributed by atoms with Gasteiger partial charge < -0.3 is 5.73 Å². The van der Waals surface area contributed by atoms with E-state index in [1.165, 1.54) is 17.8 Å². The highest BCUT2D eigenvalue weighted by atomic mass is 32.2. The number of nitrogen functional groups attached to an aromatic ring is 1. The van der Waals surface area contributed by atoms with Gasteiger partial charge >= 0.3 is 0 Å². The van der Waals surface area contributed by atoms with Crippen LogP contribution in [-0.4, -0.2) is 15.8 Å². The molecule has 0 aliphatic carbocycles. The average Bonchev–Trinajstić information content (AvgIpc) is 2.75. The molecule has 3 aromatic rings. The number of hydrogen-bond acceptors (Lipinski definition) is 3. The van der Waals surface area contributed by atoms with Gasteiger partial charge in [0.2, 0.25) is 5.95 Å². The normalized spacial score (nSPS) is 11.2. The highest BCUT2D eigenvalue weighted by Gasteiger charge is 2.16. The predicted molar refractivity (Wildman–Crippen MR) is 77.2 cm³/mol. The zero-order chi connectivity index (χ0) is 14.3. The minimum Gasteiger partial charge on any atom is -0.369 e. The van der Waals surface area contributed by atoms with Gasteiger partial charge in [-0.25, -0.2) is 13.8 Å². The summed E-state index contributed by atoms with van der Waals surface area (Å²) in [5.74, 6) is -1.24. The third kappa shape index (κ3) is 1.92. The Morgan fingerprint density at radius 3 is 2.70 bits per heavy atom. The molecular weight excluding hydrogens is 280 g/mol. The van der Waals surface area contributed by atoms with Crippen molar-refractivity contribution in [1.29, 1.82) is 0 Å². The van der Waals surface area contributed by atoms with E-state index in [1.54, 1.807) is 4.57 Å². The number of halogens is 2. The fourth-order valence-corrected chi connectivity index (χ4v) is 2.77. The lowest BCUT2D eigenvalue weighted by molar-refractivity contribution is 0.590. The Balaban J connectivity index is 2.39. The van der Waals surface area contributed by atoms with E-state index in [0.29, 0.717) is 5.52 Å². The van der Waals surface area contributed by atoms with Crippen LogP contribution in [0.25, 0.3) is 16.7 Å². The molecule has 0 atom stereocenters. The highest BCUT2D eigenvalue weighted by Crippen LogP contribution is 2.30. The van der Waals surface area contributed by atoms with Gasteiger partial charge in [-0.05, 0) is 18.4 Å². The topological polar surface area (TPSA) is 43.8 Å². The van der Waals surface area contributed by atoms with Gasteiger partial charge in [-0.3, -0.25) is 4.57 Å². The van der Waals surface area contributed by atoms with Gasteiger partial charge in [0.1, 0.15) is 11.3 Å². The molecular formula is C14H11F2N3S. The molecule has 0 saturated carbocycles. The van der Waals surface area contributed by atoms with Gasteiger partial charge in [0, 0.05) is 17.0 Å². The van der Waals surface area contributed by atoms with Crippen molar-refractivity contribution in [2.24, 2.45) is 0 Å².